The summed E-state index contributed by atoms with van der Waals surface area (Å²) in [6, 6.07) is 10.3. The molecule has 4 heteroatoms. The second kappa shape index (κ2) is 10.4. The van der Waals surface area contributed by atoms with Gasteiger partial charge in [-0.05, 0) is 31.0 Å². The minimum Gasteiger partial charge on any atom is -0.353 e. The molecule has 0 bridgehead atoms. The van der Waals surface area contributed by atoms with Crippen LogP contribution >= 0.6 is 0 Å². The van der Waals surface area contributed by atoms with Gasteiger partial charge in [-0.15, -0.1) is 0 Å². The summed E-state index contributed by atoms with van der Waals surface area (Å²) >= 11 is 0. The van der Waals surface area contributed by atoms with Gasteiger partial charge in [-0.2, -0.15) is 0 Å². The molecule has 1 rings (SSSR count). The van der Waals surface area contributed by atoms with Gasteiger partial charge in [-0.3, -0.25) is 9.69 Å². The Labute approximate surface area is 141 Å². The summed E-state index contributed by atoms with van der Waals surface area (Å²) in [4.78, 5) is 14.6. The van der Waals surface area contributed by atoms with E-state index in [1.165, 1.54) is 5.56 Å². The van der Waals surface area contributed by atoms with Gasteiger partial charge in [0, 0.05) is 12.6 Å². The number of likely N-dealkylation sites (N-methyl/N-ethyl adjacent to an activating group) is 1. The maximum atomic E-state index is 12.2. The molecule has 1 amide bonds. The summed E-state index contributed by atoms with van der Waals surface area (Å²) in [5.41, 5.74) is 7.32. The molecule has 4 nitrogen and oxygen atoms in total. The van der Waals surface area contributed by atoms with Gasteiger partial charge >= 0.3 is 0 Å². The standard InChI is InChI=1S/C19H33N3O/c1-5-15(4)18(20)19(23)21-14-17(22(6-2)7-3)13-16-11-9-8-10-12-16/h8-12,15,17-18H,5-7,13-14,20H2,1-4H3,(H,21,23). The number of carbonyl (C=O) groups excluding carboxylic acids is 1. The lowest BCUT2D eigenvalue weighted by Gasteiger charge is -2.30. The highest BCUT2D eigenvalue weighted by atomic mass is 16.2. The lowest BCUT2D eigenvalue weighted by Crippen LogP contribution is -2.50. The number of benzene rings is 1. The third-order valence-corrected chi connectivity index (χ3v) is 4.71. The zero-order valence-electron chi connectivity index (χ0n) is 15.1. The summed E-state index contributed by atoms with van der Waals surface area (Å²) < 4.78 is 0. The highest BCUT2D eigenvalue weighted by Gasteiger charge is 2.22. The molecular weight excluding hydrogens is 286 g/mol. The van der Waals surface area contributed by atoms with Crippen LogP contribution in [0.4, 0.5) is 0 Å². The van der Waals surface area contributed by atoms with Gasteiger partial charge < -0.3 is 11.1 Å². The smallest absolute Gasteiger partial charge is 0.237 e. The Balaban J connectivity index is 2.68. The Bertz CT molecular complexity index is 445. The van der Waals surface area contributed by atoms with Crippen LogP contribution < -0.4 is 11.1 Å². The zero-order valence-corrected chi connectivity index (χ0v) is 15.1. The lowest BCUT2D eigenvalue weighted by molar-refractivity contribution is -0.123. The van der Waals surface area contributed by atoms with Crippen molar-refractivity contribution in [3.8, 4) is 0 Å². The number of rotatable bonds is 10. The first-order chi connectivity index (χ1) is 11.0. The average Bonchev–Trinajstić information content (AvgIpc) is 2.59. The number of nitrogens with zero attached hydrogens (tertiary/aromatic N) is 1. The Kier molecular flexibility index (Phi) is 8.89. The number of carbonyl (C=O) groups is 1. The summed E-state index contributed by atoms with van der Waals surface area (Å²) in [5, 5.41) is 3.06. The lowest BCUT2D eigenvalue weighted by atomic mass is 9.99. The van der Waals surface area contributed by atoms with E-state index in [4.69, 9.17) is 5.73 Å². The van der Waals surface area contributed by atoms with Crippen molar-refractivity contribution in [1.29, 1.82) is 0 Å². The van der Waals surface area contributed by atoms with Crippen molar-refractivity contribution < 1.29 is 4.79 Å². The van der Waals surface area contributed by atoms with Gasteiger partial charge in [0.1, 0.15) is 0 Å². The van der Waals surface area contributed by atoms with E-state index >= 15 is 0 Å². The molecule has 130 valence electrons. The van der Waals surface area contributed by atoms with Crippen LogP contribution in [0, 0.1) is 5.92 Å². The molecule has 0 aromatic heterocycles. The predicted octanol–water partition coefficient (Wildman–Crippen LogP) is 2.43. The van der Waals surface area contributed by atoms with Gasteiger partial charge in [-0.1, -0.05) is 64.4 Å². The molecule has 0 radical (unpaired) electrons. The number of hydrogen-bond acceptors (Lipinski definition) is 3. The van der Waals surface area contributed by atoms with Crippen molar-refractivity contribution in [1.82, 2.24) is 10.2 Å². The Morgan fingerprint density at radius 1 is 1.17 bits per heavy atom. The first-order valence-corrected chi connectivity index (χ1v) is 8.84. The molecule has 23 heavy (non-hydrogen) atoms. The first-order valence-electron chi connectivity index (χ1n) is 8.84. The number of nitrogens with one attached hydrogen (secondary N) is 1. The first kappa shape index (κ1) is 19.7. The van der Waals surface area contributed by atoms with Crippen LogP contribution in [-0.2, 0) is 11.2 Å². The topological polar surface area (TPSA) is 58.4 Å². The molecule has 0 saturated heterocycles. The van der Waals surface area contributed by atoms with Crippen molar-refractivity contribution in [3.63, 3.8) is 0 Å². The summed E-state index contributed by atoms with van der Waals surface area (Å²) in [6.07, 6.45) is 1.85. The summed E-state index contributed by atoms with van der Waals surface area (Å²) in [5.74, 6) is 0.167. The molecule has 0 spiro atoms. The van der Waals surface area contributed by atoms with Crippen molar-refractivity contribution in [2.24, 2.45) is 11.7 Å². The molecule has 1 aromatic rings. The second-order valence-corrected chi connectivity index (χ2v) is 6.22. The maximum absolute atomic E-state index is 12.2. The molecule has 0 aliphatic carbocycles. The minimum atomic E-state index is -0.422. The third-order valence-electron chi connectivity index (χ3n) is 4.71. The molecule has 1 aromatic carbocycles. The fourth-order valence-corrected chi connectivity index (χ4v) is 2.81. The second-order valence-electron chi connectivity index (χ2n) is 6.22. The Morgan fingerprint density at radius 3 is 2.30 bits per heavy atom. The number of nitrogens with two attached hydrogens (primary N) is 1. The van der Waals surface area contributed by atoms with Crippen LogP contribution in [0.5, 0.6) is 0 Å². The molecule has 3 unspecified atom stereocenters. The van der Waals surface area contributed by atoms with E-state index in [1.54, 1.807) is 0 Å². The summed E-state index contributed by atoms with van der Waals surface area (Å²) in [6.45, 7) is 11.0. The van der Waals surface area contributed by atoms with E-state index in [0.29, 0.717) is 12.6 Å². The van der Waals surface area contributed by atoms with Crippen molar-refractivity contribution in [3.05, 3.63) is 35.9 Å². The minimum absolute atomic E-state index is 0.0374. The number of hydrogen-bond donors (Lipinski definition) is 2. The molecular formula is C19H33N3O. The van der Waals surface area contributed by atoms with Crippen LogP contribution in [0.2, 0.25) is 0 Å². The van der Waals surface area contributed by atoms with E-state index < -0.39 is 6.04 Å². The predicted molar refractivity (Wildman–Crippen MR) is 97.3 cm³/mol. The maximum Gasteiger partial charge on any atom is 0.237 e. The van der Waals surface area contributed by atoms with Gasteiger partial charge in [0.25, 0.3) is 0 Å². The number of amides is 1. The molecule has 0 heterocycles. The van der Waals surface area contributed by atoms with Crippen LogP contribution in [0.1, 0.15) is 39.7 Å². The van der Waals surface area contributed by atoms with Gasteiger partial charge in [0.2, 0.25) is 5.91 Å². The monoisotopic (exact) mass is 319 g/mol. The highest BCUT2D eigenvalue weighted by molar-refractivity contribution is 5.81. The fraction of sp³-hybridized carbons (Fsp3) is 0.632. The molecule has 0 aliphatic rings. The van der Waals surface area contributed by atoms with E-state index in [9.17, 15) is 4.79 Å². The quantitative estimate of drug-likeness (QED) is 0.696. The van der Waals surface area contributed by atoms with Crippen LogP contribution in [-0.4, -0.2) is 42.5 Å². The SMILES string of the molecule is CCC(C)C(N)C(=O)NCC(Cc1ccccc1)N(CC)CC. The Morgan fingerprint density at radius 2 is 1.78 bits per heavy atom. The Hall–Kier alpha value is -1.39. The molecule has 0 fully saturated rings. The van der Waals surface area contributed by atoms with E-state index in [-0.39, 0.29) is 11.8 Å². The van der Waals surface area contributed by atoms with Crippen molar-refractivity contribution in [2.45, 2.75) is 52.6 Å². The van der Waals surface area contributed by atoms with E-state index in [1.807, 2.05) is 13.0 Å². The third kappa shape index (κ3) is 6.32. The van der Waals surface area contributed by atoms with Crippen molar-refractivity contribution in [2.75, 3.05) is 19.6 Å². The van der Waals surface area contributed by atoms with Gasteiger partial charge in [-0.25, -0.2) is 0 Å². The van der Waals surface area contributed by atoms with Crippen molar-refractivity contribution >= 4 is 5.91 Å². The van der Waals surface area contributed by atoms with Crippen LogP contribution in [0.25, 0.3) is 0 Å². The molecule has 3 N–H and O–H groups in total. The van der Waals surface area contributed by atoms with Gasteiger partial charge in [0.05, 0.1) is 6.04 Å². The summed E-state index contributed by atoms with van der Waals surface area (Å²) in [7, 11) is 0. The molecule has 0 aliphatic heterocycles. The van der Waals surface area contributed by atoms with E-state index in [0.717, 1.165) is 25.9 Å². The average molecular weight is 319 g/mol. The molecule has 3 atom stereocenters. The van der Waals surface area contributed by atoms with Crippen LogP contribution in [0.15, 0.2) is 30.3 Å². The van der Waals surface area contributed by atoms with E-state index in [2.05, 4.69) is 55.3 Å². The molecule has 0 saturated carbocycles. The normalized spacial score (nSPS) is 15.2. The van der Waals surface area contributed by atoms with Gasteiger partial charge in [0.15, 0.2) is 0 Å². The largest absolute Gasteiger partial charge is 0.353 e. The fourth-order valence-electron chi connectivity index (χ4n) is 2.81. The highest BCUT2D eigenvalue weighted by Crippen LogP contribution is 2.10. The zero-order chi connectivity index (χ0) is 17.2. The van der Waals surface area contributed by atoms with Crippen LogP contribution in [0.3, 0.4) is 0 Å².